The van der Waals surface area contributed by atoms with E-state index in [9.17, 15) is 9.59 Å². The van der Waals surface area contributed by atoms with Crippen molar-refractivity contribution in [2.24, 2.45) is 0 Å². The highest BCUT2D eigenvalue weighted by Gasteiger charge is 2.46. The minimum atomic E-state index is -0.713. The van der Waals surface area contributed by atoms with Crippen LogP contribution in [-0.2, 0) is 9.53 Å². The highest BCUT2D eigenvalue weighted by Crippen LogP contribution is 2.34. The Balaban J connectivity index is 0.00000211. The standard InChI is InChI=1S/C15H25NO3S.C2H6/c1-4-6-7-12-20-13(17)15(3)9-8-10-16(15)14(18)19-11-5-2;1-2/h5H,2,4,6-12H2,1,3H3;1-2H3. The van der Waals surface area contributed by atoms with Crippen molar-refractivity contribution in [1.29, 1.82) is 0 Å². The summed E-state index contributed by atoms with van der Waals surface area (Å²) < 4.78 is 5.07. The average molecular weight is 330 g/mol. The van der Waals surface area contributed by atoms with Crippen LogP contribution in [0.1, 0.15) is 59.8 Å². The van der Waals surface area contributed by atoms with E-state index in [4.69, 9.17) is 4.74 Å². The molecule has 4 nitrogen and oxygen atoms in total. The number of amides is 1. The lowest BCUT2D eigenvalue weighted by atomic mass is 10.0. The molecule has 128 valence electrons. The quantitative estimate of drug-likeness (QED) is 0.504. The molecule has 0 aromatic heterocycles. The lowest BCUT2D eigenvalue weighted by molar-refractivity contribution is -0.119. The maximum Gasteiger partial charge on any atom is 0.410 e. The third-order valence-electron chi connectivity index (χ3n) is 3.61. The van der Waals surface area contributed by atoms with Crippen LogP contribution in [0.2, 0.25) is 0 Å². The Kier molecular flexibility index (Phi) is 11.1. The third kappa shape index (κ3) is 6.03. The second-order valence-electron chi connectivity index (χ2n) is 5.24. The van der Waals surface area contributed by atoms with Gasteiger partial charge in [0.05, 0.1) is 0 Å². The summed E-state index contributed by atoms with van der Waals surface area (Å²) in [6.45, 7) is 12.3. The Labute approximate surface area is 139 Å². The molecule has 0 aliphatic carbocycles. The molecule has 0 N–H and O–H groups in total. The van der Waals surface area contributed by atoms with Gasteiger partial charge in [-0.05, 0) is 26.2 Å². The van der Waals surface area contributed by atoms with Gasteiger partial charge in [-0.2, -0.15) is 0 Å². The number of ether oxygens (including phenoxy) is 1. The molecular formula is C17H31NO3S. The van der Waals surface area contributed by atoms with E-state index >= 15 is 0 Å². The first kappa shape index (κ1) is 21.0. The molecule has 0 aromatic rings. The molecule has 5 heteroatoms. The second kappa shape index (κ2) is 11.6. The number of hydrogen-bond donors (Lipinski definition) is 0. The molecule has 0 aromatic carbocycles. The van der Waals surface area contributed by atoms with Crippen molar-refractivity contribution >= 4 is 23.0 Å². The van der Waals surface area contributed by atoms with Crippen LogP contribution in [0, 0.1) is 0 Å². The van der Waals surface area contributed by atoms with Gasteiger partial charge in [0.2, 0.25) is 5.12 Å². The Morgan fingerprint density at radius 2 is 2.05 bits per heavy atom. The normalized spacial score (nSPS) is 20.1. The summed E-state index contributed by atoms with van der Waals surface area (Å²) >= 11 is 1.35. The second-order valence-corrected chi connectivity index (χ2v) is 6.31. The molecule has 1 unspecified atom stereocenters. The van der Waals surface area contributed by atoms with Gasteiger partial charge < -0.3 is 4.74 Å². The Bertz CT molecular complexity index is 360. The molecule has 0 radical (unpaired) electrons. The van der Waals surface area contributed by atoms with Crippen LogP contribution in [0.4, 0.5) is 4.79 Å². The summed E-state index contributed by atoms with van der Waals surface area (Å²) in [5, 5.41) is 0.0849. The van der Waals surface area contributed by atoms with Crippen LogP contribution in [-0.4, -0.2) is 40.6 Å². The number of carbonyl (C=O) groups excluding carboxylic acids is 2. The fourth-order valence-corrected chi connectivity index (χ4v) is 3.41. The molecule has 1 saturated heterocycles. The zero-order valence-corrected chi connectivity index (χ0v) is 15.3. The van der Waals surface area contributed by atoms with E-state index < -0.39 is 11.6 Å². The van der Waals surface area contributed by atoms with Gasteiger partial charge >= 0.3 is 6.09 Å². The van der Waals surface area contributed by atoms with Gasteiger partial charge in [0.25, 0.3) is 0 Å². The number of nitrogens with zero attached hydrogens (tertiary/aromatic N) is 1. The van der Waals surface area contributed by atoms with Gasteiger partial charge in [-0.3, -0.25) is 9.69 Å². The summed E-state index contributed by atoms with van der Waals surface area (Å²) in [5.41, 5.74) is -0.713. The first-order chi connectivity index (χ1) is 10.6. The van der Waals surface area contributed by atoms with Crippen molar-refractivity contribution in [3.05, 3.63) is 12.7 Å². The highest BCUT2D eigenvalue weighted by atomic mass is 32.2. The number of unbranched alkanes of at least 4 members (excludes halogenated alkanes) is 2. The molecule has 1 aliphatic heterocycles. The van der Waals surface area contributed by atoms with Crippen molar-refractivity contribution in [3.8, 4) is 0 Å². The number of hydrogen-bond acceptors (Lipinski definition) is 4. The van der Waals surface area contributed by atoms with Gasteiger partial charge in [-0.1, -0.05) is 58.0 Å². The average Bonchev–Trinajstić information content (AvgIpc) is 2.94. The smallest absolute Gasteiger partial charge is 0.410 e. The van der Waals surface area contributed by atoms with Crippen LogP contribution in [0.25, 0.3) is 0 Å². The van der Waals surface area contributed by atoms with Crippen molar-refractivity contribution in [1.82, 2.24) is 4.90 Å². The van der Waals surface area contributed by atoms with Crippen LogP contribution < -0.4 is 0 Å². The van der Waals surface area contributed by atoms with E-state index in [0.717, 1.165) is 37.9 Å². The van der Waals surface area contributed by atoms with Crippen LogP contribution in [0.5, 0.6) is 0 Å². The lowest BCUT2D eigenvalue weighted by Crippen LogP contribution is -2.50. The van der Waals surface area contributed by atoms with Gasteiger partial charge in [-0.25, -0.2) is 4.79 Å². The summed E-state index contributed by atoms with van der Waals surface area (Å²) in [6, 6.07) is 0. The maximum atomic E-state index is 12.4. The Hall–Kier alpha value is -0.970. The van der Waals surface area contributed by atoms with E-state index in [0.29, 0.717) is 6.54 Å². The fraction of sp³-hybridized carbons (Fsp3) is 0.765. The first-order valence-electron chi connectivity index (χ1n) is 8.28. The number of thioether (sulfide) groups is 1. The summed E-state index contributed by atoms with van der Waals surface area (Å²) in [6.07, 6.45) is 6.02. The molecule has 1 aliphatic rings. The largest absolute Gasteiger partial charge is 0.445 e. The minimum Gasteiger partial charge on any atom is -0.445 e. The fourth-order valence-electron chi connectivity index (χ4n) is 2.35. The van der Waals surface area contributed by atoms with Crippen molar-refractivity contribution in [3.63, 3.8) is 0 Å². The first-order valence-corrected chi connectivity index (χ1v) is 9.27. The SMILES string of the molecule is C=CCOC(=O)N1CCCC1(C)C(=O)SCCCCC.CC. The van der Waals surface area contributed by atoms with E-state index in [-0.39, 0.29) is 11.7 Å². The number of carbonyl (C=O) groups is 2. The molecule has 22 heavy (non-hydrogen) atoms. The molecule has 0 bridgehead atoms. The Morgan fingerprint density at radius 3 is 2.64 bits per heavy atom. The minimum absolute atomic E-state index is 0.0849. The molecular weight excluding hydrogens is 298 g/mol. The van der Waals surface area contributed by atoms with Crippen LogP contribution in [0.15, 0.2) is 12.7 Å². The van der Waals surface area contributed by atoms with E-state index in [1.807, 2.05) is 20.8 Å². The molecule has 1 amide bonds. The Morgan fingerprint density at radius 1 is 1.36 bits per heavy atom. The zero-order chi connectivity index (χ0) is 17.0. The zero-order valence-electron chi connectivity index (χ0n) is 14.5. The van der Waals surface area contributed by atoms with Crippen molar-refractivity contribution in [2.45, 2.75) is 65.3 Å². The monoisotopic (exact) mass is 329 g/mol. The van der Waals surface area contributed by atoms with Crippen molar-refractivity contribution < 1.29 is 14.3 Å². The molecule has 0 spiro atoms. The van der Waals surface area contributed by atoms with E-state index in [2.05, 4.69) is 13.5 Å². The van der Waals surface area contributed by atoms with Crippen LogP contribution in [0.3, 0.4) is 0 Å². The predicted octanol–water partition coefficient (Wildman–Crippen LogP) is 4.64. The number of rotatable bonds is 7. The van der Waals surface area contributed by atoms with Crippen LogP contribution >= 0.6 is 11.8 Å². The third-order valence-corrected chi connectivity index (χ3v) is 4.80. The molecule has 1 heterocycles. The van der Waals surface area contributed by atoms with E-state index in [1.165, 1.54) is 17.8 Å². The summed E-state index contributed by atoms with van der Waals surface area (Å²) in [7, 11) is 0. The summed E-state index contributed by atoms with van der Waals surface area (Å²) in [4.78, 5) is 26.0. The van der Waals surface area contributed by atoms with Gasteiger partial charge in [0.15, 0.2) is 0 Å². The maximum absolute atomic E-state index is 12.4. The van der Waals surface area contributed by atoms with Crippen molar-refractivity contribution in [2.75, 3.05) is 18.9 Å². The van der Waals surface area contributed by atoms with Gasteiger partial charge in [0, 0.05) is 12.3 Å². The van der Waals surface area contributed by atoms with E-state index in [1.54, 1.807) is 4.90 Å². The lowest BCUT2D eigenvalue weighted by Gasteiger charge is -2.32. The highest BCUT2D eigenvalue weighted by molar-refractivity contribution is 8.13. The topological polar surface area (TPSA) is 46.6 Å². The molecule has 1 fully saturated rings. The molecule has 1 atom stereocenters. The van der Waals surface area contributed by atoms with Gasteiger partial charge in [0.1, 0.15) is 12.1 Å². The molecule has 0 saturated carbocycles. The number of likely N-dealkylation sites (tertiary alicyclic amines) is 1. The summed E-state index contributed by atoms with van der Waals surface area (Å²) in [5.74, 6) is 0.831. The van der Waals surface area contributed by atoms with Gasteiger partial charge in [-0.15, -0.1) is 0 Å². The predicted molar refractivity (Wildman–Crippen MR) is 94.2 cm³/mol. The molecule has 1 rings (SSSR count).